The Hall–Kier alpha value is -1.93. The van der Waals surface area contributed by atoms with Gasteiger partial charge in [0.1, 0.15) is 5.01 Å². The molecule has 122 valence electrons. The monoisotopic (exact) mass is 351 g/mol. The van der Waals surface area contributed by atoms with Gasteiger partial charge in [-0.15, -0.1) is 11.3 Å². The molecule has 2 aromatic rings. The van der Waals surface area contributed by atoms with Gasteiger partial charge >= 0.3 is 0 Å². The molecule has 1 fully saturated rings. The molecule has 2 heterocycles. The van der Waals surface area contributed by atoms with E-state index in [1.54, 1.807) is 24.3 Å². The highest BCUT2D eigenvalue weighted by molar-refractivity contribution is 7.93. The minimum absolute atomic E-state index is 0.160. The lowest BCUT2D eigenvalue weighted by Gasteiger charge is -2.17. The fourth-order valence-corrected chi connectivity index (χ4v) is 4.74. The van der Waals surface area contributed by atoms with Crippen LogP contribution in [0.5, 0.6) is 0 Å². The van der Waals surface area contributed by atoms with Gasteiger partial charge in [0.05, 0.1) is 18.0 Å². The molecule has 6 nitrogen and oxygen atoms in total. The van der Waals surface area contributed by atoms with Crippen molar-refractivity contribution in [2.24, 2.45) is 0 Å². The Balaban J connectivity index is 1.73. The quantitative estimate of drug-likeness (QED) is 0.913. The number of hydrogen-bond donors (Lipinski definition) is 1. The van der Waals surface area contributed by atoms with E-state index >= 15 is 0 Å². The maximum Gasteiger partial charge on any atom is 0.251 e. The van der Waals surface area contributed by atoms with Crippen molar-refractivity contribution in [3.05, 3.63) is 45.9 Å². The topological polar surface area (TPSA) is 79.4 Å². The zero-order valence-corrected chi connectivity index (χ0v) is 14.3. The molecule has 23 heavy (non-hydrogen) atoms. The Labute approximate surface area is 139 Å². The van der Waals surface area contributed by atoms with Gasteiger partial charge < -0.3 is 5.32 Å². The van der Waals surface area contributed by atoms with Crippen LogP contribution in [0, 0.1) is 6.92 Å². The third-order valence-corrected chi connectivity index (χ3v) is 6.40. The van der Waals surface area contributed by atoms with Gasteiger partial charge in [-0.3, -0.25) is 9.10 Å². The van der Waals surface area contributed by atoms with Crippen molar-refractivity contribution in [1.82, 2.24) is 10.3 Å². The van der Waals surface area contributed by atoms with Gasteiger partial charge in [0.25, 0.3) is 5.91 Å². The molecule has 1 aromatic heterocycles. The summed E-state index contributed by atoms with van der Waals surface area (Å²) in [6, 6.07) is 6.70. The zero-order chi connectivity index (χ0) is 16.4. The lowest BCUT2D eigenvalue weighted by atomic mass is 10.2. The van der Waals surface area contributed by atoms with Gasteiger partial charge in [-0.1, -0.05) is 6.07 Å². The lowest BCUT2D eigenvalue weighted by Crippen LogP contribution is -2.26. The summed E-state index contributed by atoms with van der Waals surface area (Å²) in [4.78, 5) is 16.5. The molecular formula is C15H17N3O3S2. The molecule has 1 aliphatic rings. The summed E-state index contributed by atoms with van der Waals surface area (Å²) in [5.74, 6) is -0.0800. The molecule has 1 aliphatic heterocycles. The summed E-state index contributed by atoms with van der Waals surface area (Å²) >= 11 is 1.50. The van der Waals surface area contributed by atoms with Crippen LogP contribution in [0.25, 0.3) is 0 Å². The first-order chi connectivity index (χ1) is 11.0. The third kappa shape index (κ3) is 3.53. The van der Waals surface area contributed by atoms with Gasteiger partial charge in [0.15, 0.2) is 0 Å². The summed E-state index contributed by atoms with van der Waals surface area (Å²) in [5.41, 5.74) is 1.92. The number of hydrogen-bond acceptors (Lipinski definition) is 5. The fraction of sp³-hybridized carbons (Fsp3) is 0.333. The van der Waals surface area contributed by atoms with Crippen molar-refractivity contribution in [1.29, 1.82) is 0 Å². The fourth-order valence-electron chi connectivity index (χ4n) is 2.47. The van der Waals surface area contributed by atoms with Gasteiger partial charge in [0, 0.05) is 23.2 Å². The summed E-state index contributed by atoms with van der Waals surface area (Å²) in [6.45, 7) is 2.73. The van der Waals surface area contributed by atoms with Gasteiger partial charge in [-0.05, 0) is 31.5 Å². The molecule has 0 bridgehead atoms. The lowest BCUT2D eigenvalue weighted by molar-refractivity contribution is 0.0951. The number of aryl methyl sites for hydroxylation is 1. The predicted octanol–water partition coefficient (Wildman–Crippen LogP) is 1.92. The molecule has 0 aliphatic carbocycles. The van der Waals surface area contributed by atoms with Crippen LogP contribution in [-0.2, 0) is 16.6 Å². The first-order valence-corrected chi connectivity index (χ1v) is 9.74. The van der Waals surface area contributed by atoms with Gasteiger partial charge in [-0.25, -0.2) is 13.4 Å². The number of carbonyl (C=O) groups excluding carboxylic acids is 1. The first-order valence-electron chi connectivity index (χ1n) is 7.25. The van der Waals surface area contributed by atoms with Crippen LogP contribution < -0.4 is 9.62 Å². The maximum atomic E-state index is 12.3. The molecule has 1 amide bonds. The number of nitrogens with zero attached hydrogens (tertiary/aromatic N) is 2. The van der Waals surface area contributed by atoms with E-state index in [0.717, 1.165) is 10.7 Å². The van der Waals surface area contributed by atoms with Crippen LogP contribution in [0.4, 0.5) is 5.69 Å². The van der Waals surface area contributed by atoms with Crippen molar-refractivity contribution in [3.63, 3.8) is 0 Å². The number of thiazole rings is 1. The van der Waals surface area contributed by atoms with Crippen LogP contribution in [-0.4, -0.2) is 31.6 Å². The molecule has 0 saturated carbocycles. The van der Waals surface area contributed by atoms with Gasteiger partial charge in [-0.2, -0.15) is 0 Å². The van der Waals surface area contributed by atoms with E-state index in [2.05, 4.69) is 10.3 Å². The molecule has 8 heteroatoms. The molecule has 3 rings (SSSR count). The standard InChI is InChI=1S/C15H17N3O3S2/c1-11-10-22-14(17-11)9-16-15(19)12-4-2-5-13(8-12)18-6-3-7-23(18,20)21/h2,4-5,8,10H,3,6-7,9H2,1H3,(H,16,19). The Morgan fingerprint density at radius 1 is 1.43 bits per heavy atom. The van der Waals surface area contributed by atoms with Crippen molar-refractivity contribution in [3.8, 4) is 0 Å². The van der Waals surface area contributed by atoms with Crippen LogP contribution in [0.2, 0.25) is 0 Å². The average molecular weight is 351 g/mol. The largest absolute Gasteiger partial charge is 0.346 e. The molecule has 1 saturated heterocycles. The van der Waals surface area contributed by atoms with Crippen molar-refractivity contribution in [2.45, 2.75) is 19.9 Å². The van der Waals surface area contributed by atoms with Crippen LogP contribution >= 0.6 is 11.3 Å². The van der Waals surface area contributed by atoms with E-state index < -0.39 is 10.0 Å². The highest BCUT2D eigenvalue weighted by atomic mass is 32.2. The Bertz CT molecular complexity index is 830. The second kappa shape index (κ2) is 6.29. The van der Waals surface area contributed by atoms with Crippen molar-refractivity contribution >= 4 is 33.0 Å². The molecule has 0 spiro atoms. The predicted molar refractivity (Wildman–Crippen MR) is 90.2 cm³/mol. The number of benzene rings is 1. The van der Waals surface area contributed by atoms with E-state index in [1.165, 1.54) is 15.6 Å². The van der Waals surface area contributed by atoms with Crippen LogP contribution in [0.3, 0.4) is 0 Å². The Morgan fingerprint density at radius 3 is 2.91 bits per heavy atom. The highest BCUT2D eigenvalue weighted by Gasteiger charge is 2.28. The van der Waals surface area contributed by atoms with E-state index in [0.29, 0.717) is 30.8 Å². The first kappa shape index (κ1) is 15.9. The number of anilines is 1. The number of rotatable bonds is 4. The number of amides is 1. The molecule has 0 unspecified atom stereocenters. The van der Waals surface area contributed by atoms with E-state index in [9.17, 15) is 13.2 Å². The average Bonchev–Trinajstić information content (AvgIpc) is 3.10. The van der Waals surface area contributed by atoms with Gasteiger partial charge in [0.2, 0.25) is 10.0 Å². The third-order valence-electron chi connectivity index (χ3n) is 3.56. The normalized spacial score (nSPS) is 16.5. The van der Waals surface area contributed by atoms with E-state index in [-0.39, 0.29) is 11.7 Å². The molecule has 1 N–H and O–H groups in total. The van der Waals surface area contributed by atoms with Crippen molar-refractivity contribution in [2.75, 3.05) is 16.6 Å². The van der Waals surface area contributed by atoms with Crippen LogP contribution in [0.15, 0.2) is 29.6 Å². The SMILES string of the molecule is Cc1csc(CNC(=O)c2cccc(N3CCCS3(=O)=O)c2)n1. The maximum absolute atomic E-state index is 12.3. The second-order valence-corrected chi connectivity index (χ2v) is 8.31. The molecule has 0 radical (unpaired) electrons. The van der Waals surface area contributed by atoms with Crippen LogP contribution in [0.1, 0.15) is 27.5 Å². The summed E-state index contributed by atoms with van der Waals surface area (Å²) in [7, 11) is -3.24. The molecule has 1 aromatic carbocycles. The minimum Gasteiger partial charge on any atom is -0.346 e. The number of nitrogens with one attached hydrogen (secondary N) is 1. The summed E-state index contributed by atoms with van der Waals surface area (Å²) < 4.78 is 25.3. The van der Waals surface area contributed by atoms with Crippen molar-refractivity contribution < 1.29 is 13.2 Å². The number of carbonyl (C=O) groups is 1. The number of sulfonamides is 1. The molecule has 0 atom stereocenters. The minimum atomic E-state index is -3.24. The van der Waals surface area contributed by atoms with E-state index in [1.807, 2.05) is 12.3 Å². The summed E-state index contributed by atoms with van der Waals surface area (Å²) in [5, 5.41) is 5.58. The Morgan fingerprint density at radius 2 is 2.26 bits per heavy atom. The zero-order valence-electron chi connectivity index (χ0n) is 12.7. The summed E-state index contributed by atoms with van der Waals surface area (Å²) in [6.07, 6.45) is 0.613. The number of aromatic nitrogens is 1. The second-order valence-electron chi connectivity index (χ2n) is 5.36. The van der Waals surface area contributed by atoms with E-state index in [4.69, 9.17) is 0 Å². The highest BCUT2D eigenvalue weighted by Crippen LogP contribution is 2.24. The smallest absolute Gasteiger partial charge is 0.251 e. The molecular weight excluding hydrogens is 334 g/mol. The Kier molecular flexibility index (Phi) is 4.36.